The Hall–Kier alpha value is -0.860. The van der Waals surface area contributed by atoms with Crippen LogP contribution in [0.15, 0.2) is 24.3 Å². The summed E-state index contributed by atoms with van der Waals surface area (Å²) >= 11 is 0. The second-order valence-corrected chi connectivity index (χ2v) is 4.78. The van der Waals surface area contributed by atoms with Crippen molar-refractivity contribution in [1.82, 2.24) is 5.06 Å². The molecule has 1 aliphatic carbocycles. The molecule has 0 radical (unpaired) electrons. The van der Waals surface area contributed by atoms with E-state index in [1.54, 1.807) is 0 Å². The van der Waals surface area contributed by atoms with E-state index in [2.05, 4.69) is 24.3 Å². The van der Waals surface area contributed by atoms with Gasteiger partial charge in [0, 0.05) is 0 Å². The molecule has 2 nitrogen and oxygen atoms in total. The van der Waals surface area contributed by atoms with Crippen LogP contribution in [0.5, 0.6) is 0 Å². The topological polar surface area (TPSA) is 26.3 Å². The highest BCUT2D eigenvalue weighted by atomic mass is 16.5. The van der Waals surface area contributed by atoms with Gasteiger partial charge in [0.25, 0.3) is 0 Å². The number of hydrogen-bond donors (Lipinski definition) is 0. The van der Waals surface area contributed by atoms with Crippen molar-refractivity contribution in [3.05, 3.63) is 40.6 Å². The molecule has 0 bridgehead atoms. The molecule has 1 saturated heterocycles. The van der Waals surface area contributed by atoms with Crippen LogP contribution in [-0.4, -0.2) is 18.2 Å². The summed E-state index contributed by atoms with van der Waals surface area (Å²) in [7, 11) is 0. The Balaban J connectivity index is 1.93. The molecule has 1 aromatic rings. The van der Waals surface area contributed by atoms with E-state index in [0.29, 0.717) is 11.8 Å². The molecule has 1 heterocycles. The van der Waals surface area contributed by atoms with Crippen molar-refractivity contribution in [3.8, 4) is 0 Å². The Labute approximate surface area is 90.5 Å². The van der Waals surface area contributed by atoms with Gasteiger partial charge in [0.2, 0.25) is 0 Å². The van der Waals surface area contributed by atoms with Crippen LogP contribution in [0.3, 0.4) is 0 Å². The molecule has 0 N–H and O–H groups in total. The van der Waals surface area contributed by atoms with Gasteiger partial charge in [0.1, 0.15) is 0 Å². The molecule has 0 amide bonds. The Kier molecular flexibility index (Phi) is 2.26. The summed E-state index contributed by atoms with van der Waals surface area (Å²) in [5.41, 5.74) is 3.03. The van der Waals surface area contributed by atoms with Crippen molar-refractivity contribution in [2.75, 3.05) is 13.1 Å². The molecular formula is C13H16NO-. The van der Waals surface area contributed by atoms with Crippen LogP contribution in [0.2, 0.25) is 0 Å². The van der Waals surface area contributed by atoms with Crippen LogP contribution < -0.4 is 0 Å². The predicted octanol–water partition coefficient (Wildman–Crippen LogP) is 2.54. The average molecular weight is 202 g/mol. The number of rotatable bonds is 0. The summed E-state index contributed by atoms with van der Waals surface area (Å²) < 4.78 is 0. The van der Waals surface area contributed by atoms with Crippen LogP contribution in [0.25, 0.3) is 0 Å². The summed E-state index contributed by atoms with van der Waals surface area (Å²) in [5.74, 6) is 1.26. The Morgan fingerprint density at radius 1 is 1.20 bits per heavy atom. The van der Waals surface area contributed by atoms with E-state index in [9.17, 15) is 5.21 Å². The smallest absolute Gasteiger partial charge is 0.0107 e. The van der Waals surface area contributed by atoms with Crippen molar-refractivity contribution in [2.24, 2.45) is 5.92 Å². The number of fused-ring (bicyclic) bond motifs is 3. The van der Waals surface area contributed by atoms with E-state index in [1.807, 2.05) is 0 Å². The Bertz CT molecular complexity index is 363. The monoisotopic (exact) mass is 202 g/mol. The van der Waals surface area contributed by atoms with E-state index >= 15 is 0 Å². The maximum atomic E-state index is 11.3. The van der Waals surface area contributed by atoms with Gasteiger partial charge < -0.3 is 10.3 Å². The molecule has 1 fully saturated rings. The highest BCUT2D eigenvalue weighted by molar-refractivity contribution is 5.34. The quantitative estimate of drug-likeness (QED) is 0.646. The van der Waals surface area contributed by atoms with E-state index in [0.717, 1.165) is 25.9 Å². The number of nitrogens with zero attached hydrogens (tertiary/aromatic N) is 1. The number of hydroxylamine groups is 2. The molecule has 0 aromatic heterocycles. The van der Waals surface area contributed by atoms with Gasteiger partial charge in [0.05, 0.1) is 0 Å². The first-order valence-corrected chi connectivity index (χ1v) is 5.84. The zero-order chi connectivity index (χ0) is 10.3. The van der Waals surface area contributed by atoms with Crippen molar-refractivity contribution in [3.63, 3.8) is 0 Å². The summed E-state index contributed by atoms with van der Waals surface area (Å²) in [6, 6.07) is 8.76. The van der Waals surface area contributed by atoms with E-state index in [1.165, 1.54) is 22.6 Å². The molecule has 0 spiro atoms. The van der Waals surface area contributed by atoms with Crippen molar-refractivity contribution in [2.45, 2.75) is 25.2 Å². The molecule has 1 aliphatic heterocycles. The highest BCUT2D eigenvalue weighted by Crippen LogP contribution is 2.40. The lowest BCUT2D eigenvalue weighted by Gasteiger charge is -2.45. The van der Waals surface area contributed by atoms with E-state index < -0.39 is 0 Å². The molecular weight excluding hydrogens is 186 g/mol. The van der Waals surface area contributed by atoms with Crippen LogP contribution in [0.4, 0.5) is 0 Å². The first-order valence-electron chi connectivity index (χ1n) is 5.84. The highest BCUT2D eigenvalue weighted by Gasteiger charge is 2.31. The fourth-order valence-electron chi connectivity index (χ4n) is 3.17. The summed E-state index contributed by atoms with van der Waals surface area (Å²) in [4.78, 5) is 0. The number of benzene rings is 1. The second-order valence-electron chi connectivity index (χ2n) is 4.78. The third kappa shape index (κ3) is 1.58. The van der Waals surface area contributed by atoms with Gasteiger partial charge in [-0.1, -0.05) is 24.3 Å². The fourth-order valence-corrected chi connectivity index (χ4v) is 3.17. The van der Waals surface area contributed by atoms with Gasteiger partial charge in [-0.2, -0.15) is 0 Å². The average Bonchev–Trinajstić information content (AvgIpc) is 2.28. The molecule has 2 heteroatoms. The lowest BCUT2D eigenvalue weighted by atomic mass is 9.72. The third-order valence-corrected chi connectivity index (χ3v) is 3.94. The van der Waals surface area contributed by atoms with Gasteiger partial charge in [0.15, 0.2) is 0 Å². The maximum Gasteiger partial charge on any atom is -0.0107 e. The van der Waals surface area contributed by atoms with E-state index in [4.69, 9.17) is 0 Å². The Morgan fingerprint density at radius 3 is 3.00 bits per heavy atom. The van der Waals surface area contributed by atoms with Gasteiger partial charge in [-0.15, -0.1) is 0 Å². The van der Waals surface area contributed by atoms with Crippen LogP contribution >= 0.6 is 0 Å². The largest absolute Gasteiger partial charge is 0.785 e. The van der Waals surface area contributed by atoms with Crippen molar-refractivity contribution < 1.29 is 0 Å². The SMILES string of the molecule is [O-]N1CC[C@H]2c3ccccc3CCC2C1. The summed E-state index contributed by atoms with van der Waals surface area (Å²) in [6.45, 7) is 1.47. The fraction of sp³-hybridized carbons (Fsp3) is 0.538. The molecule has 2 atom stereocenters. The minimum Gasteiger partial charge on any atom is -0.785 e. The molecule has 3 rings (SSSR count). The van der Waals surface area contributed by atoms with Crippen molar-refractivity contribution >= 4 is 0 Å². The Morgan fingerprint density at radius 2 is 2.07 bits per heavy atom. The van der Waals surface area contributed by atoms with Crippen molar-refractivity contribution in [1.29, 1.82) is 0 Å². The van der Waals surface area contributed by atoms with Crippen LogP contribution in [0.1, 0.15) is 29.9 Å². The predicted molar refractivity (Wildman–Crippen MR) is 60.6 cm³/mol. The zero-order valence-corrected chi connectivity index (χ0v) is 8.86. The maximum absolute atomic E-state index is 11.3. The van der Waals surface area contributed by atoms with E-state index in [-0.39, 0.29) is 0 Å². The minimum atomic E-state index is 0.603. The first-order chi connectivity index (χ1) is 7.34. The zero-order valence-electron chi connectivity index (χ0n) is 8.86. The van der Waals surface area contributed by atoms with Gasteiger partial charge >= 0.3 is 0 Å². The van der Waals surface area contributed by atoms with Crippen LogP contribution in [-0.2, 0) is 6.42 Å². The number of aryl methyl sites for hydroxylation is 1. The number of piperidine rings is 1. The third-order valence-electron chi connectivity index (χ3n) is 3.94. The molecule has 1 unspecified atom stereocenters. The lowest BCUT2D eigenvalue weighted by Crippen LogP contribution is -2.38. The first kappa shape index (κ1) is 9.37. The molecule has 1 aromatic carbocycles. The molecule has 15 heavy (non-hydrogen) atoms. The van der Waals surface area contributed by atoms with Gasteiger partial charge in [-0.25, -0.2) is 0 Å². The molecule has 2 aliphatic rings. The normalized spacial score (nSPS) is 30.7. The lowest BCUT2D eigenvalue weighted by molar-refractivity contribution is 0.188. The second kappa shape index (κ2) is 3.62. The molecule has 80 valence electrons. The summed E-state index contributed by atoms with van der Waals surface area (Å²) in [6.07, 6.45) is 3.40. The van der Waals surface area contributed by atoms with Gasteiger partial charge in [-0.3, -0.25) is 0 Å². The van der Waals surface area contributed by atoms with Crippen LogP contribution in [0, 0.1) is 11.1 Å². The van der Waals surface area contributed by atoms with Gasteiger partial charge in [-0.05, 0) is 55.3 Å². The minimum absolute atomic E-state index is 0.603. The number of hydrogen-bond acceptors (Lipinski definition) is 2. The summed E-state index contributed by atoms with van der Waals surface area (Å²) in [5, 5.41) is 12.6. The standard InChI is InChI=1S/C13H16NO/c15-14-8-7-13-11(9-14)6-5-10-3-1-2-4-12(10)13/h1-4,11,13H,5-9H2/q-1/t11?,13-/m1/s1. The molecule has 0 saturated carbocycles.